The highest BCUT2D eigenvalue weighted by Crippen LogP contribution is 2.25. The number of nitrogens with one attached hydrogen (secondary N) is 1. The van der Waals surface area contributed by atoms with Gasteiger partial charge in [0.25, 0.3) is 5.91 Å². The van der Waals surface area contributed by atoms with Gasteiger partial charge in [-0.15, -0.1) is 0 Å². The molecule has 0 spiro atoms. The average Bonchev–Trinajstić information content (AvgIpc) is 2.48. The first-order valence-corrected chi connectivity index (χ1v) is 7.25. The van der Waals surface area contributed by atoms with Gasteiger partial charge in [-0.2, -0.15) is 0 Å². The van der Waals surface area contributed by atoms with Crippen LogP contribution in [0.1, 0.15) is 17.3 Å². The van der Waals surface area contributed by atoms with Gasteiger partial charge in [0.15, 0.2) is 0 Å². The molecule has 0 aliphatic heterocycles. The number of carbonyl (C=O) groups is 1. The Bertz CT molecular complexity index is 716. The van der Waals surface area contributed by atoms with E-state index in [2.05, 4.69) is 20.3 Å². The van der Waals surface area contributed by atoms with Gasteiger partial charge in [-0.05, 0) is 36.7 Å². The van der Waals surface area contributed by atoms with Crippen molar-refractivity contribution in [2.75, 3.05) is 0 Å². The van der Waals surface area contributed by atoms with E-state index in [1.54, 1.807) is 6.20 Å². The largest absolute Gasteiger partial charge is 0.507 e. The van der Waals surface area contributed by atoms with E-state index < -0.39 is 5.91 Å². The number of hydrogen-bond acceptors (Lipinski definition) is 5. The fourth-order valence-corrected chi connectivity index (χ4v) is 2.52. The molecule has 1 aromatic carbocycles. The van der Waals surface area contributed by atoms with Crippen LogP contribution in [0.3, 0.4) is 0 Å². The fraction of sp³-hybridized carbons (Fsp3) is 0.143. The van der Waals surface area contributed by atoms with Gasteiger partial charge < -0.3 is 10.4 Å². The number of hydrogen-bond donors (Lipinski definition) is 2. The van der Waals surface area contributed by atoms with Crippen molar-refractivity contribution in [3.8, 4) is 5.75 Å². The number of carbonyl (C=O) groups excluding carboxylic acids is 1. The van der Waals surface area contributed by atoms with E-state index >= 15 is 0 Å². The van der Waals surface area contributed by atoms with Crippen LogP contribution in [0.4, 0.5) is 5.69 Å². The highest BCUT2D eigenvalue weighted by atomic mass is 32.2. The Hall–Kier alpha value is -2.70. The van der Waals surface area contributed by atoms with E-state index in [-0.39, 0.29) is 22.4 Å². The van der Waals surface area contributed by atoms with E-state index in [0.717, 1.165) is 5.03 Å². The lowest BCUT2D eigenvalue weighted by Gasteiger charge is -2.13. The van der Waals surface area contributed by atoms with E-state index in [0.29, 0.717) is 0 Å². The molecule has 0 aliphatic rings. The van der Waals surface area contributed by atoms with Crippen molar-refractivity contribution in [1.29, 1.82) is 0 Å². The Labute approximate surface area is 131 Å². The highest BCUT2D eigenvalue weighted by Gasteiger charge is 2.15. The molecule has 1 aromatic heterocycles. The molecule has 1 amide bonds. The third-order valence-electron chi connectivity index (χ3n) is 2.66. The Morgan fingerprint density at radius 1 is 1.45 bits per heavy atom. The van der Waals surface area contributed by atoms with Crippen LogP contribution in [0.25, 0.3) is 10.4 Å². The van der Waals surface area contributed by atoms with Crippen molar-refractivity contribution >= 4 is 23.4 Å². The highest BCUT2D eigenvalue weighted by molar-refractivity contribution is 7.99. The van der Waals surface area contributed by atoms with E-state index in [9.17, 15) is 9.90 Å². The average molecular weight is 315 g/mol. The Kier molecular flexibility index (Phi) is 5.24. The number of azide groups is 1. The van der Waals surface area contributed by atoms with Crippen molar-refractivity contribution in [2.24, 2.45) is 5.11 Å². The number of pyridine rings is 1. The predicted octanol–water partition coefficient (Wildman–Crippen LogP) is 3.60. The normalized spacial score (nSPS) is 11.3. The summed E-state index contributed by atoms with van der Waals surface area (Å²) >= 11 is 1.39. The zero-order chi connectivity index (χ0) is 15.9. The van der Waals surface area contributed by atoms with Gasteiger partial charge in [-0.1, -0.05) is 29.0 Å². The van der Waals surface area contributed by atoms with Crippen LogP contribution in [0.15, 0.2) is 52.7 Å². The summed E-state index contributed by atoms with van der Waals surface area (Å²) in [6.07, 6.45) is 1.68. The monoisotopic (exact) mass is 315 g/mol. The molecule has 8 heteroatoms. The summed E-state index contributed by atoms with van der Waals surface area (Å²) in [7, 11) is 0. The number of benzene rings is 1. The molecule has 1 atom stereocenters. The van der Waals surface area contributed by atoms with Crippen molar-refractivity contribution in [3.63, 3.8) is 0 Å². The van der Waals surface area contributed by atoms with Gasteiger partial charge in [-0.3, -0.25) is 4.79 Å². The second-order valence-corrected chi connectivity index (χ2v) is 5.65. The summed E-state index contributed by atoms with van der Waals surface area (Å²) in [6.45, 7) is 1.82. The summed E-state index contributed by atoms with van der Waals surface area (Å²) in [6, 6.07) is 9.64. The molecule has 0 bridgehead atoms. The summed E-state index contributed by atoms with van der Waals surface area (Å²) in [5, 5.41) is 16.5. The van der Waals surface area contributed by atoms with Crippen LogP contribution in [-0.4, -0.2) is 21.4 Å². The molecule has 1 heterocycles. The number of phenols is 1. The third-order valence-corrected chi connectivity index (χ3v) is 3.61. The van der Waals surface area contributed by atoms with Crippen LogP contribution in [0.2, 0.25) is 0 Å². The van der Waals surface area contributed by atoms with Gasteiger partial charge in [0.05, 0.1) is 16.0 Å². The number of amides is 1. The Morgan fingerprint density at radius 2 is 2.27 bits per heavy atom. The molecule has 0 aliphatic carbocycles. The molecule has 2 rings (SSSR count). The van der Waals surface area contributed by atoms with Crippen LogP contribution < -0.4 is 5.32 Å². The van der Waals surface area contributed by atoms with Crippen molar-refractivity contribution in [2.45, 2.75) is 17.3 Å². The molecule has 2 N–H and O–H groups in total. The van der Waals surface area contributed by atoms with Gasteiger partial charge in [-0.25, -0.2) is 4.98 Å². The zero-order valence-electron chi connectivity index (χ0n) is 11.7. The first-order valence-electron chi connectivity index (χ1n) is 6.37. The summed E-state index contributed by atoms with van der Waals surface area (Å²) in [5.74, 6) is -0.654. The second-order valence-electron chi connectivity index (χ2n) is 4.29. The molecule has 22 heavy (non-hydrogen) atoms. The second kappa shape index (κ2) is 7.35. The molecular formula is C14H13N5O2S. The van der Waals surface area contributed by atoms with E-state index in [4.69, 9.17) is 5.53 Å². The maximum Gasteiger partial charge on any atom is 0.255 e. The number of thioether (sulfide) groups is 1. The smallest absolute Gasteiger partial charge is 0.255 e. The number of phenolic OH excluding ortho intramolecular Hbond substituents is 1. The SMILES string of the molecule is CC(NC(=O)c1ccc(N=[N+]=[N-])cc1O)Sc1ccccn1. The first kappa shape index (κ1) is 15.7. The van der Waals surface area contributed by atoms with Gasteiger partial charge in [0.1, 0.15) is 5.75 Å². The minimum absolute atomic E-state index is 0.116. The Balaban J connectivity index is 2.04. The lowest BCUT2D eigenvalue weighted by atomic mass is 10.1. The molecule has 0 fully saturated rings. The molecule has 112 valence electrons. The quantitative estimate of drug-likeness (QED) is 0.289. The van der Waals surface area contributed by atoms with Gasteiger partial charge >= 0.3 is 0 Å². The maximum atomic E-state index is 12.1. The van der Waals surface area contributed by atoms with Crippen LogP contribution >= 0.6 is 11.8 Å². The number of aromatic nitrogens is 1. The molecule has 7 nitrogen and oxygen atoms in total. The zero-order valence-corrected chi connectivity index (χ0v) is 12.5. The molecule has 0 radical (unpaired) electrons. The summed E-state index contributed by atoms with van der Waals surface area (Å²) < 4.78 is 0. The number of nitrogens with zero attached hydrogens (tertiary/aromatic N) is 4. The number of aromatic hydroxyl groups is 1. The molecule has 0 saturated heterocycles. The van der Waals surface area contributed by atoms with Crippen LogP contribution in [0, 0.1) is 0 Å². The topological polar surface area (TPSA) is 111 Å². The molecule has 1 unspecified atom stereocenters. The van der Waals surface area contributed by atoms with Gasteiger partial charge in [0, 0.05) is 16.8 Å². The predicted molar refractivity (Wildman–Crippen MR) is 83.9 cm³/mol. The van der Waals surface area contributed by atoms with Crippen molar-refractivity contribution in [3.05, 3.63) is 58.6 Å². The maximum absolute atomic E-state index is 12.1. The van der Waals surface area contributed by atoms with E-state index in [1.807, 2.05) is 25.1 Å². The lowest BCUT2D eigenvalue weighted by molar-refractivity contribution is 0.0949. The van der Waals surface area contributed by atoms with Crippen molar-refractivity contribution < 1.29 is 9.90 Å². The first-order chi connectivity index (χ1) is 10.6. The molecule has 2 aromatic rings. The number of rotatable bonds is 5. The van der Waals surface area contributed by atoms with Crippen LogP contribution in [0.5, 0.6) is 5.75 Å². The molecular weight excluding hydrogens is 302 g/mol. The van der Waals surface area contributed by atoms with Crippen molar-refractivity contribution in [1.82, 2.24) is 10.3 Å². The minimum Gasteiger partial charge on any atom is -0.507 e. The van der Waals surface area contributed by atoms with E-state index in [1.165, 1.54) is 30.0 Å². The standard InChI is InChI=1S/C14H13N5O2S/c1-9(22-13-4-2-3-7-16-13)17-14(21)11-6-5-10(18-19-15)8-12(11)20/h2-9,20H,1H3,(H,17,21). The summed E-state index contributed by atoms with van der Waals surface area (Å²) in [4.78, 5) is 18.9. The van der Waals surface area contributed by atoms with Crippen LogP contribution in [-0.2, 0) is 0 Å². The summed E-state index contributed by atoms with van der Waals surface area (Å²) in [5.41, 5.74) is 8.70. The lowest BCUT2D eigenvalue weighted by Crippen LogP contribution is -2.30. The van der Waals surface area contributed by atoms with Gasteiger partial charge in [0.2, 0.25) is 0 Å². The molecule has 0 saturated carbocycles. The Morgan fingerprint density at radius 3 is 2.91 bits per heavy atom. The third kappa shape index (κ3) is 4.15. The minimum atomic E-state index is -0.416. The fourth-order valence-electron chi connectivity index (χ4n) is 1.72.